The van der Waals surface area contributed by atoms with Gasteiger partial charge in [-0.15, -0.1) is 0 Å². The SMILES string of the molecule is CC/C=C\C/C=C\C/C=C\C/C=C\C/C=C\CCCCCCCCCCCCCCCC(=O)NC(COP(=O)([O-])OCC[N+](C)(C)C)C(O)/C=C/CC/C=C/CC/C=C/CCCCCCCCCCCCCCCC. The molecule has 0 aliphatic heterocycles. The molecule has 3 atom stereocenters. The Morgan fingerprint density at radius 1 is 0.480 bits per heavy atom. The Morgan fingerprint density at radius 3 is 1.24 bits per heavy atom. The number of aliphatic hydroxyl groups is 1. The van der Waals surface area contributed by atoms with Crippen molar-refractivity contribution < 1.29 is 32.9 Å². The third-order valence-corrected chi connectivity index (χ3v) is 14.5. The van der Waals surface area contributed by atoms with Gasteiger partial charge in [-0.2, -0.15) is 0 Å². The van der Waals surface area contributed by atoms with Gasteiger partial charge >= 0.3 is 0 Å². The highest BCUT2D eigenvalue weighted by Crippen LogP contribution is 2.38. The van der Waals surface area contributed by atoms with Crippen molar-refractivity contribution in [3.63, 3.8) is 0 Å². The van der Waals surface area contributed by atoms with E-state index in [9.17, 15) is 19.4 Å². The molecule has 8 nitrogen and oxygen atoms in total. The molecule has 0 radical (unpaired) electrons. The smallest absolute Gasteiger partial charge is 0.268 e. The molecule has 0 aliphatic rings. The van der Waals surface area contributed by atoms with Crippen LogP contribution in [-0.4, -0.2) is 68.5 Å². The number of carbonyl (C=O) groups is 1. The summed E-state index contributed by atoms with van der Waals surface area (Å²) < 4.78 is 23.4. The minimum atomic E-state index is -4.62. The molecule has 2 N–H and O–H groups in total. The molecule has 1 amide bonds. The molecule has 9 heteroatoms. The monoisotopic (exact) mass is 1070 g/mol. The quantitative estimate of drug-likeness (QED) is 0.0272. The third-order valence-electron chi connectivity index (χ3n) is 13.5. The lowest BCUT2D eigenvalue weighted by atomic mass is 10.0. The minimum absolute atomic E-state index is 0.0129. The van der Waals surface area contributed by atoms with Gasteiger partial charge in [0, 0.05) is 6.42 Å². The topological polar surface area (TPSA) is 108 Å². The van der Waals surface area contributed by atoms with Gasteiger partial charge in [0.1, 0.15) is 13.2 Å². The maximum atomic E-state index is 13.0. The van der Waals surface area contributed by atoms with E-state index in [-0.39, 0.29) is 12.5 Å². The molecule has 0 fully saturated rings. The van der Waals surface area contributed by atoms with Crippen molar-refractivity contribution in [1.29, 1.82) is 0 Å². The molecular formula is C66H119N2O6P. The van der Waals surface area contributed by atoms with Crippen LogP contribution in [0.25, 0.3) is 0 Å². The number of allylic oxidation sites excluding steroid dienone is 15. The Labute approximate surface area is 464 Å². The van der Waals surface area contributed by atoms with E-state index in [1.165, 1.54) is 167 Å². The average Bonchev–Trinajstić information content (AvgIpc) is 3.37. The van der Waals surface area contributed by atoms with Crippen molar-refractivity contribution in [3.8, 4) is 0 Å². The summed E-state index contributed by atoms with van der Waals surface area (Å²) in [6, 6.07) is -0.917. The van der Waals surface area contributed by atoms with Crippen molar-refractivity contribution in [2.24, 2.45) is 0 Å². The summed E-state index contributed by atoms with van der Waals surface area (Å²) in [5.74, 6) is -0.214. The number of hydrogen-bond donors (Lipinski definition) is 2. The van der Waals surface area contributed by atoms with Gasteiger partial charge in [-0.3, -0.25) is 9.36 Å². The number of likely N-dealkylation sites (N-methyl/N-ethyl adjacent to an activating group) is 1. The van der Waals surface area contributed by atoms with Gasteiger partial charge in [0.25, 0.3) is 7.82 Å². The van der Waals surface area contributed by atoms with Gasteiger partial charge in [-0.25, -0.2) is 0 Å². The molecule has 0 aliphatic carbocycles. The van der Waals surface area contributed by atoms with E-state index >= 15 is 0 Å². The number of nitrogens with zero attached hydrogens (tertiary/aromatic N) is 1. The van der Waals surface area contributed by atoms with Crippen molar-refractivity contribution >= 4 is 13.7 Å². The molecule has 0 aromatic rings. The molecule has 0 spiro atoms. The number of quaternary nitrogens is 1. The Hall–Kier alpha value is -2.58. The summed E-state index contributed by atoms with van der Waals surface area (Å²) in [7, 11) is 1.23. The van der Waals surface area contributed by atoms with E-state index in [0.29, 0.717) is 17.4 Å². The van der Waals surface area contributed by atoms with Gasteiger partial charge in [-0.05, 0) is 89.9 Å². The van der Waals surface area contributed by atoms with Gasteiger partial charge in [0.15, 0.2) is 0 Å². The van der Waals surface area contributed by atoms with Crippen LogP contribution in [0.3, 0.4) is 0 Å². The second-order valence-corrected chi connectivity index (χ2v) is 23.4. The van der Waals surface area contributed by atoms with E-state index in [2.05, 4.69) is 104 Å². The molecular weight excluding hydrogens is 948 g/mol. The Balaban J connectivity index is 4.23. The predicted octanol–water partition coefficient (Wildman–Crippen LogP) is 18.7. The highest BCUT2D eigenvalue weighted by Gasteiger charge is 2.23. The van der Waals surface area contributed by atoms with Crippen molar-refractivity contribution in [2.45, 2.75) is 276 Å². The molecule has 0 aromatic heterocycles. The Bertz CT molecular complexity index is 1540. The number of phosphoric ester groups is 1. The number of amides is 1. The Kier molecular flexibility index (Phi) is 54.2. The first-order valence-corrected chi connectivity index (χ1v) is 32.6. The number of aliphatic hydroxyl groups excluding tert-OH is 1. The zero-order valence-electron chi connectivity index (χ0n) is 49.5. The number of phosphoric acid groups is 1. The Morgan fingerprint density at radius 2 is 0.827 bits per heavy atom. The molecule has 3 unspecified atom stereocenters. The molecule has 0 rings (SSSR count). The fourth-order valence-electron chi connectivity index (χ4n) is 8.68. The van der Waals surface area contributed by atoms with Crippen LogP contribution >= 0.6 is 7.82 Å². The van der Waals surface area contributed by atoms with Gasteiger partial charge < -0.3 is 28.8 Å². The normalized spacial score (nSPS) is 14.5. The summed E-state index contributed by atoms with van der Waals surface area (Å²) in [6.07, 6.45) is 80.7. The van der Waals surface area contributed by atoms with Crippen LogP contribution in [0.15, 0.2) is 97.2 Å². The van der Waals surface area contributed by atoms with Gasteiger partial charge in [0.05, 0.1) is 39.9 Å². The third kappa shape index (κ3) is 58.9. The second kappa shape index (κ2) is 56.2. The maximum Gasteiger partial charge on any atom is 0.268 e. The molecule has 0 saturated heterocycles. The zero-order chi connectivity index (χ0) is 54.9. The molecule has 0 aromatic carbocycles. The lowest BCUT2D eigenvalue weighted by Crippen LogP contribution is -2.45. The summed E-state index contributed by atoms with van der Waals surface area (Å²) in [5, 5.41) is 13.9. The number of hydrogen-bond acceptors (Lipinski definition) is 6. The molecule has 75 heavy (non-hydrogen) atoms. The number of unbranched alkanes of at least 4 members (excludes halogenated alkanes) is 29. The summed E-state index contributed by atoms with van der Waals surface area (Å²) in [4.78, 5) is 25.6. The van der Waals surface area contributed by atoms with Gasteiger partial charge in [0.2, 0.25) is 5.91 Å². The molecule has 0 heterocycles. The maximum absolute atomic E-state index is 13.0. The van der Waals surface area contributed by atoms with Crippen molar-refractivity contribution in [3.05, 3.63) is 97.2 Å². The number of rotatable bonds is 56. The van der Waals surface area contributed by atoms with Gasteiger partial charge in [-0.1, -0.05) is 265 Å². The fourth-order valence-corrected chi connectivity index (χ4v) is 9.41. The van der Waals surface area contributed by atoms with Crippen LogP contribution in [0.2, 0.25) is 0 Å². The predicted molar refractivity (Wildman–Crippen MR) is 325 cm³/mol. The van der Waals surface area contributed by atoms with E-state index in [4.69, 9.17) is 9.05 Å². The first kappa shape index (κ1) is 72.4. The van der Waals surface area contributed by atoms with Crippen LogP contribution in [0.4, 0.5) is 0 Å². The van der Waals surface area contributed by atoms with E-state index in [0.717, 1.165) is 77.0 Å². The van der Waals surface area contributed by atoms with E-state index < -0.39 is 26.6 Å². The zero-order valence-corrected chi connectivity index (χ0v) is 50.4. The first-order chi connectivity index (χ1) is 36.5. The fraction of sp³-hybridized carbons (Fsp3) is 0.742. The molecule has 0 saturated carbocycles. The van der Waals surface area contributed by atoms with E-state index in [1.807, 2.05) is 27.2 Å². The van der Waals surface area contributed by atoms with E-state index in [1.54, 1.807) is 6.08 Å². The van der Waals surface area contributed by atoms with Crippen LogP contribution in [-0.2, 0) is 18.4 Å². The standard InChI is InChI=1S/C66H119N2O6P/c1-6-8-10-12-14-16-18-20-22-24-26-28-30-32-33-34-35-36-38-40-42-44-46-48-50-52-54-56-58-60-66(70)67-64(63-74-75(71,72)73-62-61-68(3,4)5)65(69)59-57-55-53-51-49-47-45-43-41-39-37-31-29-27-25-23-21-19-17-15-13-11-9-7-2/h8,10,14,16,20,22,26,28,32-33,41,43,49,51,57,59,64-65,69H,6-7,9,11-13,15,17-19,21,23-25,27,29-31,34-40,42,44-48,50,52-56,58,60-63H2,1-5H3,(H-,67,70,71,72)/b10-8-,16-14-,22-20-,28-26-,33-32-,43-41+,51-49+,59-57+. The van der Waals surface area contributed by atoms with Crippen LogP contribution in [0.5, 0.6) is 0 Å². The van der Waals surface area contributed by atoms with Crippen LogP contribution < -0.4 is 10.2 Å². The molecule has 0 bridgehead atoms. The first-order valence-electron chi connectivity index (χ1n) is 31.1. The highest BCUT2D eigenvalue weighted by atomic mass is 31.2. The second-order valence-electron chi connectivity index (χ2n) is 22.0. The lowest BCUT2D eigenvalue weighted by molar-refractivity contribution is -0.870. The van der Waals surface area contributed by atoms with Crippen LogP contribution in [0.1, 0.15) is 264 Å². The summed E-state index contributed by atoms with van der Waals surface area (Å²) >= 11 is 0. The largest absolute Gasteiger partial charge is 0.756 e. The molecule has 434 valence electrons. The number of nitrogens with one attached hydrogen (secondary N) is 1. The summed E-state index contributed by atoms with van der Waals surface area (Å²) in [6.45, 7) is 4.52. The average molecular weight is 1070 g/mol. The summed E-state index contributed by atoms with van der Waals surface area (Å²) in [5.41, 5.74) is 0. The van der Waals surface area contributed by atoms with Crippen molar-refractivity contribution in [2.75, 3.05) is 40.9 Å². The minimum Gasteiger partial charge on any atom is -0.756 e. The lowest BCUT2D eigenvalue weighted by Gasteiger charge is -2.29. The van der Waals surface area contributed by atoms with Crippen LogP contribution in [0, 0.1) is 0 Å². The van der Waals surface area contributed by atoms with Crippen molar-refractivity contribution in [1.82, 2.24) is 5.32 Å². The number of carbonyl (C=O) groups excluding carboxylic acids is 1. The highest BCUT2D eigenvalue weighted by molar-refractivity contribution is 7.45.